The summed E-state index contributed by atoms with van der Waals surface area (Å²) in [6.45, 7) is 4.15. The predicted molar refractivity (Wildman–Crippen MR) is 124 cm³/mol. The number of nitrogens with zero attached hydrogens (tertiary/aromatic N) is 2. The third-order valence-electron chi connectivity index (χ3n) is 5.22. The number of ether oxygens (including phenoxy) is 2. The van der Waals surface area contributed by atoms with Crippen LogP contribution in [0.3, 0.4) is 0 Å². The lowest BCUT2D eigenvalue weighted by atomic mass is 9.99. The van der Waals surface area contributed by atoms with Gasteiger partial charge < -0.3 is 19.0 Å². The third-order valence-corrected chi connectivity index (χ3v) is 6.36. The van der Waals surface area contributed by atoms with Gasteiger partial charge in [-0.1, -0.05) is 18.3 Å². The number of Topliss-reactive ketones (excluding diaryl/α,β-unsaturated/α-hetero) is 1. The number of hydrogen-bond acceptors (Lipinski definition) is 9. The van der Waals surface area contributed by atoms with Gasteiger partial charge in [-0.25, -0.2) is 9.78 Å². The van der Waals surface area contributed by atoms with E-state index in [1.54, 1.807) is 43.3 Å². The number of anilines is 1. The fourth-order valence-electron chi connectivity index (χ4n) is 3.60. The summed E-state index contributed by atoms with van der Waals surface area (Å²) in [5.41, 5.74) is 0.549. The molecular weight excluding hydrogens is 460 g/mol. The summed E-state index contributed by atoms with van der Waals surface area (Å²) in [5.74, 6) is -1.86. The minimum atomic E-state index is -1.07. The number of aromatic nitrogens is 1. The number of aliphatic hydroxyl groups is 1. The minimum Gasteiger partial charge on any atom is -0.507 e. The number of hydrogen-bond donors (Lipinski definition) is 1. The van der Waals surface area contributed by atoms with Gasteiger partial charge in [0.25, 0.3) is 5.78 Å². The summed E-state index contributed by atoms with van der Waals surface area (Å²) in [7, 11) is 1.24. The maximum absolute atomic E-state index is 13.1. The summed E-state index contributed by atoms with van der Waals surface area (Å²) < 4.78 is 15.9. The van der Waals surface area contributed by atoms with Gasteiger partial charge in [-0.2, -0.15) is 0 Å². The van der Waals surface area contributed by atoms with E-state index >= 15 is 0 Å². The molecule has 9 nitrogen and oxygen atoms in total. The highest BCUT2D eigenvalue weighted by molar-refractivity contribution is 7.17. The van der Waals surface area contributed by atoms with Gasteiger partial charge in [0.1, 0.15) is 28.2 Å². The fraction of sp³-hybridized carbons (Fsp3) is 0.250. The van der Waals surface area contributed by atoms with Crippen LogP contribution < -0.4 is 9.64 Å². The van der Waals surface area contributed by atoms with Crippen molar-refractivity contribution in [1.29, 1.82) is 0 Å². The van der Waals surface area contributed by atoms with Gasteiger partial charge in [-0.05, 0) is 49.7 Å². The lowest BCUT2D eigenvalue weighted by Gasteiger charge is -2.20. The number of aliphatic hydroxyl groups excluding tert-OH is 1. The molecule has 0 bridgehead atoms. The average Bonchev–Trinajstić information content (AvgIpc) is 3.56. The molecule has 1 aliphatic rings. The Hall–Kier alpha value is -3.92. The summed E-state index contributed by atoms with van der Waals surface area (Å²) in [5, 5.41) is 11.2. The molecule has 1 fully saturated rings. The summed E-state index contributed by atoms with van der Waals surface area (Å²) >= 11 is 0.920. The van der Waals surface area contributed by atoms with Crippen LogP contribution in [0, 0.1) is 6.92 Å². The van der Waals surface area contributed by atoms with Crippen LogP contribution in [0.4, 0.5) is 5.13 Å². The van der Waals surface area contributed by atoms with E-state index in [0.29, 0.717) is 23.6 Å². The largest absolute Gasteiger partial charge is 0.507 e. The Morgan fingerprint density at radius 1 is 1.24 bits per heavy atom. The third kappa shape index (κ3) is 4.08. The van der Waals surface area contributed by atoms with E-state index in [-0.39, 0.29) is 27.1 Å². The molecule has 1 amide bonds. The number of carbonyl (C=O) groups excluding carboxylic acids is 3. The van der Waals surface area contributed by atoms with Crippen molar-refractivity contribution in [1.82, 2.24) is 4.98 Å². The lowest BCUT2D eigenvalue weighted by Crippen LogP contribution is -2.29. The van der Waals surface area contributed by atoms with Crippen molar-refractivity contribution in [2.45, 2.75) is 26.3 Å². The van der Waals surface area contributed by atoms with Gasteiger partial charge in [0.2, 0.25) is 0 Å². The van der Waals surface area contributed by atoms with Crippen molar-refractivity contribution < 1.29 is 33.4 Å². The standard InChI is InChI=1S/C24H22N2O7S/c1-4-11-32-15-9-7-14(8-10-15)19(27)17-18(16-6-5-12-33-16)26(22(29)20(17)28)24-25-13(2)21(34-24)23(30)31-3/h5-10,12,18,27H,4,11H2,1-3H3/b19-17+/t18-/m1/s1. The molecule has 34 heavy (non-hydrogen) atoms. The molecule has 4 rings (SSSR count). The molecule has 1 aromatic carbocycles. The molecule has 3 aromatic rings. The van der Waals surface area contributed by atoms with E-state index < -0.39 is 23.7 Å². The Morgan fingerprint density at radius 2 is 1.97 bits per heavy atom. The molecule has 1 saturated heterocycles. The Labute approximate surface area is 199 Å². The topological polar surface area (TPSA) is 119 Å². The number of amides is 1. The number of rotatable bonds is 7. The number of aryl methyl sites for hydroxylation is 1. The number of thiazole rings is 1. The first-order valence-corrected chi connectivity index (χ1v) is 11.3. The predicted octanol–water partition coefficient (Wildman–Crippen LogP) is 4.25. The average molecular weight is 483 g/mol. The fourth-order valence-corrected chi connectivity index (χ4v) is 4.61. The smallest absolute Gasteiger partial charge is 0.350 e. The van der Waals surface area contributed by atoms with Crippen LogP contribution in [-0.2, 0) is 14.3 Å². The molecule has 2 aromatic heterocycles. The summed E-state index contributed by atoms with van der Waals surface area (Å²) in [6, 6.07) is 8.71. The van der Waals surface area contributed by atoms with E-state index in [2.05, 4.69) is 4.98 Å². The molecule has 1 N–H and O–H groups in total. The number of benzene rings is 1. The molecule has 0 spiro atoms. The molecule has 0 aliphatic carbocycles. The number of furan rings is 1. The summed E-state index contributed by atoms with van der Waals surface area (Å²) in [4.78, 5) is 44.0. The van der Waals surface area contributed by atoms with Gasteiger partial charge in [-0.3, -0.25) is 14.5 Å². The zero-order chi connectivity index (χ0) is 24.4. The van der Waals surface area contributed by atoms with E-state index in [0.717, 1.165) is 22.7 Å². The molecular formula is C24H22N2O7S. The molecule has 1 atom stereocenters. The van der Waals surface area contributed by atoms with Gasteiger partial charge in [0.05, 0.1) is 31.2 Å². The van der Waals surface area contributed by atoms with Gasteiger partial charge in [0.15, 0.2) is 5.13 Å². The van der Waals surface area contributed by atoms with Gasteiger partial charge in [0, 0.05) is 5.56 Å². The Balaban J connectivity index is 1.81. The molecule has 10 heteroatoms. The van der Waals surface area contributed by atoms with E-state index in [9.17, 15) is 19.5 Å². The van der Waals surface area contributed by atoms with Crippen LogP contribution >= 0.6 is 11.3 Å². The SMILES string of the molecule is CCCOc1ccc(/C(O)=C2\C(=O)C(=O)N(c3nc(C)c(C(=O)OC)s3)[C@@H]2c2ccco2)cc1. The zero-order valence-corrected chi connectivity index (χ0v) is 19.5. The molecule has 0 unspecified atom stereocenters. The number of ketones is 1. The van der Waals surface area contributed by atoms with Crippen molar-refractivity contribution in [3.8, 4) is 5.75 Å². The van der Waals surface area contributed by atoms with Crippen LogP contribution in [0.1, 0.15) is 46.1 Å². The second-order valence-corrected chi connectivity index (χ2v) is 8.44. The molecule has 0 saturated carbocycles. The first-order valence-electron chi connectivity index (χ1n) is 10.5. The van der Waals surface area contributed by atoms with Crippen molar-refractivity contribution in [2.75, 3.05) is 18.6 Å². The minimum absolute atomic E-state index is 0.115. The number of methoxy groups -OCH3 is 1. The van der Waals surface area contributed by atoms with E-state index in [4.69, 9.17) is 13.9 Å². The maximum Gasteiger partial charge on any atom is 0.350 e. The van der Waals surface area contributed by atoms with Crippen molar-refractivity contribution >= 4 is 39.9 Å². The van der Waals surface area contributed by atoms with Crippen LogP contribution in [0.2, 0.25) is 0 Å². The number of carbonyl (C=O) groups is 3. The Morgan fingerprint density at radius 3 is 2.59 bits per heavy atom. The second kappa shape index (κ2) is 9.52. The first-order chi connectivity index (χ1) is 16.4. The van der Waals surface area contributed by atoms with Crippen LogP contribution in [0.15, 0.2) is 52.7 Å². The van der Waals surface area contributed by atoms with Crippen molar-refractivity contribution in [3.05, 3.63) is 70.1 Å². The molecule has 3 heterocycles. The zero-order valence-electron chi connectivity index (χ0n) is 18.7. The normalized spacial score (nSPS) is 17.3. The second-order valence-electron chi connectivity index (χ2n) is 7.46. The monoisotopic (exact) mass is 482 g/mol. The van der Waals surface area contributed by atoms with Crippen molar-refractivity contribution in [2.24, 2.45) is 0 Å². The lowest BCUT2D eigenvalue weighted by molar-refractivity contribution is -0.132. The highest BCUT2D eigenvalue weighted by Gasteiger charge is 2.49. The van der Waals surface area contributed by atoms with Crippen LogP contribution in [0.25, 0.3) is 5.76 Å². The van der Waals surface area contributed by atoms with Crippen LogP contribution in [-0.4, -0.2) is 41.5 Å². The first kappa shape index (κ1) is 23.2. The maximum atomic E-state index is 13.1. The van der Waals surface area contributed by atoms with Gasteiger partial charge in [-0.15, -0.1) is 0 Å². The molecule has 1 aliphatic heterocycles. The number of esters is 1. The van der Waals surface area contributed by atoms with E-state index in [1.807, 2.05) is 6.92 Å². The molecule has 0 radical (unpaired) electrons. The Kier molecular flexibility index (Phi) is 6.51. The quantitative estimate of drug-likeness (QED) is 0.230. The van der Waals surface area contributed by atoms with Crippen LogP contribution in [0.5, 0.6) is 5.75 Å². The highest BCUT2D eigenvalue weighted by Crippen LogP contribution is 2.44. The summed E-state index contributed by atoms with van der Waals surface area (Å²) in [6.07, 6.45) is 2.25. The highest BCUT2D eigenvalue weighted by atomic mass is 32.1. The van der Waals surface area contributed by atoms with E-state index in [1.165, 1.54) is 13.4 Å². The van der Waals surface area contributed by atoms with Gasteiger partial charge >= 0.3 is 11.9 Å². The molecule has 176 valence electrons. The van der Waals surface area contributed by atoms with Crippen molar-refractivity contribution in [3.63, 3.8) is 0 Å². The Bertz CT molecular complexity index is 1260.